The van der Waals surface area contributed by atoms with Crippen LogP contribution in [0.15, 0.2) is 53.4 Å². The monoisotopic (exact) mass is 487 g/mol. The van der Waals surface area contributed by atoms with Crippen LogP contribution in [-0.4, -0.2) is 70.5 Å². The minimum Gasteiger partial charge on any atom is -0.493 e. The number of nitrogens with one attached hydrogen (secondary N) is 1. The van der Waals surface area contributed by atoms with E-state index in [1.54, 1.807) is 31.4 Å². The standard InChI is InChI=1S/C25H33N3O5S/c1-19(2)18-33-23-11-5-20(17-24(23)32-4)6-12-25(29)26-21-7-9-22(10-8-21)34(30,31)28-15-13-27(3)14-16-28/h5-12,17,19H,13-16,18H2,1-4H3,(H,26,29)/b12-6+. The van der Waals surface area contributed by atoms with Crippen LogP contribution in [-0.2, 0) is 14.8 Å². The fourth-order valence-electron chi connectivity index (χ4n) is 3.41. The zero-order valence-corrected chi connectivity index (χ0v) is 21.0. The minimum atomic E-state index is -3.54. The fraction of sp³-hybridized carbons (Fsp3) is 0.400. The van der Waals surface area contributed by atoms with E-state index in [-0.39, 0.29) is 10.8 Å². The number of sulfonamides is 1. The second-order valence-corrected chi connectivity index (χ2v) is 10.6. The van der Waals surface area contributed by atoms with Gasteiger partial charge in [0.2, 0.25) is 15.9 Å². The van der Waals surface area contributed by atoms with Crippen molar-refractivity contribution in [1.82, 2.24) is 9.21 Å². The summed E-state index contributed by atoms with van der Waals surface area (Å²) in [6.07, 6.45) is 3.09. The quantitative estimate of drug-likeness (QED) is 0.546. The van der Waals surface area contributed by atoms with E-state index in [9.17, 15) is 13.2 Å². The summed E-state index contributed by atoms with van der Waals surface area (Å²) in [6, 6.07) is 11.7. The third kappa shape index (κ3) is 6.82. The maximum absolute atomic E-state index is 12.8. The number of amides is 1. The third-order valence-electron chi connectivity index (χ3n) is 5.41. The van der Waals surface area contributed by atoms with E-state index in [2.05, 4.69) is 24.1 Å². The van der Waals surface area contributed by atoms with Crippen molar-refractivity contribution < 1.29 is 22.7 Å². The van der Waals surface area contributed by atoms with Gasteiger partial charge < -0.3 is 19.7 Å². The van der Waals surface area contributed by atoms with Gasteiger partial charge in [0.15, 0.2) is 11.5 Å². The number of carbonyl (C=O) groups is 1. The van der Waals surface area contributed by atoms with E-state index in [1.165, 1.54) is 22.5 Å². The SMILES string of the molecule is COc1cc(/C=C/C(=O)Nc2ccc(S(=O)(=O)N3CCN(C)CC3)cc2)ccc1OCC(C)C. The number of hydrogen-bond donors (Lipinski definition) is 1. The fourth-order valence-corrected chi connectivity index (χ4v) is 4.83. The molecule has 1 fully saturated rings. The number of likely N-dealkylation sites (N-methyl/N-ethyl adjacent to an activating group) is 1. The molecule has 34 heavy (non-hydrogen) atoms. The number of piperazine rings is 1. The zero-order valence-electron chi connectivity index (χ0n) is 20.2. The summed E-state index contributed by atoms with van der Waals surface area (Å²) in [7, 11) is 0.0124. The van der Waals surface area contributed by atoms with Crippen LogP contribution in [0.4, 0.5) is 5.69 Å². The Hall–Kier alpha value is -2.88. The highest BCUT2D eigenvalue weighted by Crippen LogP contribution is 2.29. The smallest absolute Gasteiger partial charge is 0.248 e. The van der Waals surface area contributed by atoms with Crippen molar-refractivity contribution >= 4 is 27.7 Å². The summed E-state index contributed by atoms with van der Waals surface area (Å²) < 4.78 is 38.3. The van der Waals surface area contributed by atoms with Crippen LogP contribution in [0.25, 0.3) is 6.08 Å². The van der Waals surface area contributed by atoms with Crippen molar-refractivity contribution in [2.45, 2.75) is 18.7 Å². The van der Waals surface area contributed by atoms with Crippen molar-refractivity contribution in [3.8, 4) is 11.5 Å². The maximum atomic E-state index is 12.8. The summed E-state index contributed by atoms with van der Waals surface area (Å²) >= 11 is 0. The van der Waals surface area contributed by atoms with E-state index in [1.807, 2.05) is 19.2 Å². The Balaban J connectivity index is 1.60. The average molecular weight is 488 g/mol. The van der Waals surface area contributed by atoms with Gasteiger partial charge in [-0.2, -0.15) is 4.31 Å². The molecule has 9 heteroatoms. The van der Waals surface area contributed by atoms with Gasteiger partial charge in [-0.1, -0.05) is 19.9 Å². The first-order valence-electron chi connectivity index (χ1n) is 11.3. The lowest BCUT2D eigenvalue weighted by atomic mass is 10.2. The van der Waals surface area contributed by atoms with E-state index in [0.717, 1.165) is 5.56 Å². The molecule has 1 aliphatic heterocycles. The summed E-state index contributed by atoms with van der Waals surface area (Å²) in [4.78, 5) is 14.7. The van der Waals surface area contributed by atoms with E-state index < -0.39 is 10.0 Å². The number of ether oxygens (including phenoxy) is 2. The van der Waals surface area contributed by atoms with Gasteiger partial charge in [0.25, 0.3) is 0 Å². The Labute approximate surface area is 202 Å². The first-order chi connectivity index (χ1) is 16.2. The van der Waals surface area contributed by atoms with Gasteiger partial charge in [-0.3, -0.25) is 4.79 Å². The molecule has 184 valence electrons. The van der Waals surface area contributed by atoms with Gasteiger partial charge in [-0.15, -0.1) is 0 Å². The summed E-state index contributed by atoms with van der Waals surface area (Å²) in [5, 5.41) is 2.75. The van der Waals surface area contributed by atoms with Crippen molar-refractivity contribution in [2.75, 3.05) is 52.3 Å². The van der Waals surface area contributed by atoms with Gasteiger partial charge >= 0.3 is 0 Å². The minimum absolute atomic E-state index is 0.220. The highest BCUT2D eigenvalue weighted by molar-refractivity contribution is 7.89. The Kier molecular flexibility index (Phi) is 8.71. The molecule has 1 amide bonds. The van der Waals surface area contributed by atoms with Crippen LogP contribution in [0.3, 0.4) is 0 Å². The molecular weight excluding hydrogens is 454 g/mol. The molecule has 0 spiro atoms. The van der Waals surface area contributed by atoms with E-state index in [0.29, 0.717) is 55.9 Å². The zero-order chi connectivity index (χ0) is 24.7. The second-order valence-electron chi connectivity index (χ2n) is 8.67. The molecule has 0 bridgehead atoms. The number of carbonyl (C=O) groups excluding carboxylic acids is 1. The number of benzene rings is 2. The molecule has 0 saturated carbocycles. The molecule has 1 heterocycles. The predicted molar refractivity (Wildman–Crippen MR) is 134 cm³/mol. The third-order valence-corrected chi connectivity index (χ3v) is 7.32. The van der Waals surface area contributed by atoms with Crippen LogP contribution >= 0.6 is 0 Å². The normalized spacial score (nSPS) is 15.6. The molecule has 0 aromatic heterocycles. The van der Waals surface area contributed by atoms with Crippen LogP contribution < -0.4 is 14.8 Å². The molecule has 0 aliphatic carbocycles. The van der Waals surface area contributed by atoms with Crippen LogP contribution in [0.1, 0.15) is 19.4 Å². The van der Waals surface area contributed by atoms with Gasteiger partial charge in [0.05, 0.1) is 18.6 Å². The molecule has 1 saturated heterocycles. The molecule has 8 nitrogen and oxygen atoms in total. The lowest BCUT2D eigenvalue weighted by Crippen LogP contribution is -2.46. The summed E-state index contributed by atoms with van der Waals surface area (Å²) in [5.41, 5.74) is 1.31. The van der Waals surface area contributed by atoms with Crippen LogP contribution in [0.2, 0.25) is 0 Å². The van der Waals surface area contributed by atoms with Crippen LogP contribution in [0, 0.1) is 5.92 Å². The highest BCUT2D eigenvalue weighted by Gasteiger charge is 2.27. The van der Waals surface area contributed by atoms with Crippen molar-refractivity contribution in [3.63, 3.8) is 0 Å². The first-order valence-corrected chi connectivity index (χ1v) is 12.7. The first kappa shape index (κ1) is 25.7. The number of anilines is 1. The van der Waals surface area contributed by atoms with Gasteiger partial charge in [-0.05, 0) is 61.0 Å². The summed E-state index contributed by atoms with van der Waals surface area (Å²) in [6.45, 7) is 7.09. The van der Waals surface area contributed by atoms with Crippen LogP contribution in [0.5, 0.6) is 11.5 Å². The predicted octanol–water partition coefficient (Wildman–Crippen LogP) is 3.32. The van der Waals surface area contributed by atoms with Gasteiger partial charge in [0, 0.05) is 37.9 Å². The largest absolute Gasteiger partial charge is 0.493 e. The number of hydrogen-bond acceptors (Lipinski definition) is 6. The number of methoxy groups -OCH3 is 1. The topological polar surface area (TPSA) is 88.2 Å². The lowest BCUT2D eigenvalue weighted by molar-refractivity contribution is -0.111. The number of nitrogens with zero attached hydrogens (tertiary/aromatic N) is 2. The van der Waals surface area contributed by atoms with Crippen molar-refractivity contribution in [1.29, 1.82) is 0 Å². The lowest BCUT2D eigenvalue weighted by Gasteiger charge is -2.31. The Morgan fingerprint density at radius 3 is 2.35 bits per heavy atom. The maximum Gasteiger partial charge on any atom is 0.248 e. The molecule has 1 N–H and O–H groups in total. The molecule has 0 atom stereocenters. The Bertz CT molecular complexity index is 1110. The molecule has 1 aliphatic rings. The Morgan fingerprint density at radius 1 is 1.06 bits per heavy atom. The number of rotatable bonds is 9. The van der Waals surface area contributed by atoms with E-state index >= 15 is 0 Å². The highest BCUT2D eigenvalue weighted by atomic mass is 32.2. The summed E-state index contributed by atoms with van der Waals surface area (Å²) in [5.74, 6) is 1.33. The molecule has 3 rings (SSSR count). The second kappa shape index (κ2) is 11.5. The molecule has 2 aromatic carbocycles. The van der Waals surface area contributed by atoms with Crippen molar-refractivity contribution in [2.24, 2.45) is 5.92 Å². The molecule has 2 aromatic rings. The molecule has 0 radical (unpaired) electrons. The molecule has 0 unspecified atom stereocenters. The average Bonchev–Trinajstić information content (AvgIpc) is 2.82. The Morgan fingerprint density at radius 2 is 1.74 bits per heavy atom. The van der Waals surface area contributed by atoms with Gasteiger partial charge in [-0.25, -0.2) is 8.42 Å². The van der Waals surface area contributed by atoms with Gasteiger partial charge in [0.1, 0.15) is 0 Å². The van der Waals surface area contributed by atoms with Crippen molar-refractivity contribution in [3.05, 3.63) is 54.1 Å². The molecular formula is C25H33N3O5S. The van der Waals surface area contributed by atoms with E-state index in [4.69, 9.17) is 9.47 Å².